The normalized spacial score (nSPS) is 12.5. The van der Waals surface area contributed by atoms with Crippen LogP contribution in [0.25, 0.3) is 28.7 Å². The molecule has 1 aliphatic rings. The Morgan fingerprint density at radius 3 is 2.68 bits per heavy atom. The first-order valence-electron chi connectivity index (χ1n) is 9.44. The molecule has 31 heavy (non-hydrogen) atoms. The smallest absolute Gasteiger partial charge is 0.271 e. The first-order chi connectivity index (χ1) is 15.1. The van der Waals surface area contributed by atoms with Gasteiger partial charge in [-0.05, 0) is 42.0 Å². The molecule has 0 N–H and O–H groups in total. The summed E-state index contributed by atoms with van der Waals surface area (Å²) < 4.78 is 12.1. The van der Waals surface area contributed by atoms with Crippen LogP contribution >= 0.6 is 0 Å². The summed E-state index contributed by atoms with van der Waals surface area (Å²) in [5, 5.41) is 11.7. The predicted molar refractivity (Wildman–Crippen MR) is 115 cm³/mol. The SMILES string of the molecule is O=c1c2ccccc2nc(C=Cc2ccc3c(c2)OCO3)n1-c1cccc([N+](=O)[O-])c1. The molecule has 3 aromatic carbocycles. The fraction of sp³-hybridized carbons (Fsp3) is 0.0435. The summed E-state index contributed by atoms with van der Waals surface area (Å²) in [6.07, 6.45) is 3.50. The number of nitro benzene ring substituents is 1. The van der Waals surface area contributed by atoms with Crippen LogP contribution in [0, 0.1) is 10.1 Å². The largest absolute Gasteiger partial charge is 0.454 e. The van der Waals surface area contributed by atoms with Gasteiger partial charge in [0, 0.05) is 12.1 Å². The van der Waals surface area contributed by atoms with E-state index in [1.54, 1.807) is 48.6 Å². The standard InChI is InChI=1S/C23H15N3O5/c27-23-18-6-1-2-7-19(18)24-22(25(23)16-4-3-5-17(13-16)26(28)29)11-9-15-8-10-20-21(12-15)31-14-30-20/h1-13H,14H2. The number of aromatic nitrogens is 2. The van der Waals surface area contributed by atoms with Crippen LogP contribution in [0.3, 0.4) is 0 Å². The van der Waals surface area contributed by atoms with Crippen LogP contribution in [0.2, 0.25) is 0 Å². The third kappa shape index (κ3) is 3.40. The summed E-state index contributed by atoms with van der Waals surface area (Å²) in [5.74, 6) is 1.67. The lowest BCUT2D eigenvalue weighted by molar-refractivity contribution is -0.384. The van der Waals surface area contributed by atoms with E-state index in [0.717, 1.165) is 5.56 Å². The fourth-order valence-corrected chi connectivity index (χ4v) is 3.44. The topological polar surface area (TPSA) is 96.5 Å². The number of non-ortho nitro benzene ring substituents is 1. The minimum absolute atomic E-state index is 0.108. The lowest BCUT2D eigenvalue weighted by Gasteiger charge is -2.11. The predicted octanol–water partition coefficient (Wildman–Crippen LogP) is 4.19. The van der Waals surface area contributed by atoms with Gasteiger partial charge in [0.05, 0.1) is 21.5 Å². The van der Waals surface area contributed by atoms with Gasteiger partial charge in [-0.3, -0.25) is 19.5 Å². The fourth-order valence-electron chi connectivity index (χ4n) is 3.44. The zero-order valence-electron chi connectivity index (χ0n) is 16.1. The number of benzene rings is 3. The van der Waals surface area contributed by atoms with Gasteiger partial charge < -0.3 is 9.47 Å². The molecule has 0 fully saturated rings. The quantitative estimate of drug-likeness (QED) is 0.368. The number of para-hydroxylation sites is 1. The van der Waals surface area contributed by atoms with Crippen molar-refractivity contribution in [3.05, 3.63) is 98.6 Å². The second-order valence-corrected chi connectivity index (χ2v) is 6.85. The maximum absolute atomic E-state index is 13.3. The molecule has 8 heteroatoms. The van der Waals surface area contributed by atoms with E-state index >= 15 is 0 Å². The summed E-state index contributed by atoms with van der Waals surface area (Å²) >= 11 is 0. The number of ether oxygens (including phenoxy) is 2. The van der Waals surface area contributed by atoms with Crippen LogP contribution in [0.4, 0.5) is 5.69 Å². The molecule has 0 amide bonds. The number of hydrogen-bond donors (Lipinski definition) is 0. The second-order valence-electron chi connectivity index (χ2n) is 6.85. The van der Waals surface area contributed by atoms with E-state index < -0.39 is 4.92 Å². The maximum atomic E-state index is 13.3. The minimum Gasteiger partial charge on any atom is -0.454 e. The van der Waals surface area contributed by atoms with Gasteiger partial charge in [-0.1, -0.05) is 30.3 Å². The van der Waals surface area contributed by atoms with Crippen molar-refractivity contribution in [2.75, 3.05) is 6.79 Å². The van der Waals surface area contributed by atoms with Crippen molar-refractivity contribution in [2.45, 2.75) is 0 Å². The van der Waals surface area contributed by atoms with Crippen LogP contribution < -0.4 is 15.0 Å². The van der Waals surface area contributed by atoms with Gasteiger partial charge in [0.2, 0.25) is 6.79 Å². The lowest BCUT2D eigenvalue weighted by Crippen LogP contribution is -2.22. The van der Waals surface area contributed by atoms with E-state index in [-0.39, 0.29) is 18.0 Å². The highest BCUT2D eigenvalue weighted by molar-refractivity contribution is 5.80. The lowest BCUT2D eigenvalue weighted by atomic mass is 10.1. The third-order valence-corrected chi connectivity index (χ3v) is 4.92. The molecule has 0 bridgehead atoms. The minimum atomic E-state index is -0.495. The van der Waals surface area contributed by atoms with Crippen LogP contribution in [0.15, 0.2) is 71.5 Å². The number of nitro groups is 1. The molecule has 4 aromatic rings. The van der Waals surface area contributed by atoms with Gasteiger partial charge in [0.15, 0.2) is 11.5 Å². The average molecular weight is 413 g/mol. The molecular weight excluding hydrogens is 398 g/mol. The first kappa shape index (κ1) is 18.6. The Balaban J connectivity index is 1.68. The number of fused-ring (bicyclic) bond motifs is 2. The van der Waals surface area contributed by atoms with Gasteiger partial charge in [-0.2, -0.15) is 0 Å². The molecule has 0 saturated heterocycles. The van der Waals surface area contributed by atoms with Crippen LogP contribution in [-0.2, 0) is 0 Å². The van der Waals surface area contributed by atoms with Crippen molar-refractivity contribution in [3.8, 4) is 17.2 Å². The van der Waals surface area contributed by atoms with Gasteiger partial charge >= 0.3 is 0 Å². The second kappa shape index (κ2) is 7.42. The number of rotatable bonds is 4. The van der Waals surface area contributed by atoms with Gasteiger partial charge in [-0.15, -0.1) is 0 Å². The zero-order chi connectivity index (χ0) is 21.4. The summed E-state index contributed by atoms with van der Waals surface area (Å²) in [6, 6.07) is 18.4. The summed E-state index contributed by atoms with van der Waals surface area (Å²) in [7, 11) is 0. The molecule has 8 nitrogen and oxygen atoms in total. The van der Waals surface area contributed by atoms with Gasteiger partial charge in [-0.25, -0.2) is 4.98 Å². The Kier molecular flexibility index (Phi) is 4.44. The molecule has 1 aliphatic heterocycles. The monoisotopic (exact) mass is 413 g/mol. The van der Waals surface area contributed by atoms with Crippen molar-refractivity contribution in [3.63, 3.8) is 0 Å². The van der Waals surface area contributed by atoms with E-state index in [0.29, 0.717) is 33.9 Å². The highest BCUT2D eigenvalue weighted by Gasteiger charge is 2.15. The van der Waals surface area contributed by atoms with E-state index in [4.69, 9.17) is 9.47 Å². The van der Waals surface area contributed by atoms with E-state index in [9.17, 15) is 14.9 Å². The Hall–Kier alpha value is -4.46. The van der Waals surface area contributed by atoms with Crippen LogP contribution in [0.5, 0.6) is 11.5 Å². The Morgan fingerprint density at radius 1 is 0.968 bits per heavy atom. The number of nitrogens with zero attached hydrogens (tertiary/aromatic N) is 3. The molecular formula is C23H15N3O5. The van der Waals surface area contributed by atoms with Crippen LogP contribution in [0.1, 0.15) is 11.4 Å². The first-order valence-corrected chi connectivity index (χ1v) is 9.44. The average Bonchev–Trinajstić information content (AvgIpc) is 3.26. The van der Waals surface area contributed by atoms with E-state index in [1.807, 2.05) is 18.2 Å². The van der Waals surface area contributed by atoms with Crippen molar-refractivity contribution < 1.29 is 14.4 Å². The molecule has 5 rings (SSSR count). The summed E-state index contributed by atoms with van der Waals surface area (Å²) in [6.45, 7) is 0.182. The molecule has 0 unspecified atom stereocenters. The molecule has 0 spiro atoms. The Morgan fingerprint density at radius 2 is 1.81 bits per heavy atom. The molecule has 1 aromatic heterocycles. The van der Waals surface area contributed by atoms with Crippen LogP contribution in [-0.4, -0.2) is 21.3 Å². The van der Waals surface area contributed by atoms with Gasteiger partial charge in [0.25, 0.3) is 11.2 Å². The van der Waals surface area contributed by atoms with Crippen molar-refractivity contribution in [1.29, 1.82) is 0 Å². The highest BCUT2D eigenvalue weighted by Crippen LogP contribution is 2.33. The molecule has 0 aliphatic carbocycles. The Labute approximate surface area is 175 Å². The van der Waals surface area contributed by atoms with E-state index in [2.05, 4.69) is 4.98 Å². The van der Waals surface area contributed by atoms with Crippen molar-refractivity contribution >= 4 is 28.7 Å². The molecule has 152 valence electrons. The zero-order valence-corrected chi connectivity index (χ0v) is 16.1. The maximum Gasteiger partial charge on any atom is 0.271 e. The molecule has 0 saturated carbocycles. The third-order valence-electron chi connectivity index (χ3n) is 4.92. The van der Waals surface area contributed by atoms with Crippen molar-refractivity contribution in [1.82, 2.24) is 9.55 Å². The molecule has 2 heterocycles. The summed E-state index contributed by atoms with van der Waals surface area (Å²) in [4.78, 5) is 28.6. The number of hydrogen-bond acceptors (Lipinski definition) is 6. The van der Waals surface area contributed by atoms with E-state index in [1.165, 1.54) is 16.7 Å². The molecule has 0 atom stereocenters. The molecule has 0 radical (unpaired) electrons. The van der Waals surface area contributed by atoms with Gasteiger partial charge in [0.1, 0.15) is 5.82 Å². The summed E-state index contributed by atoms with van der Waals surface area (Å²) in [5.41, 5.74) is 1.32. The highest BCUT2D eigenvalue weighted by atomic mass is 16.7. The van der Waals surface area contributed by atoms with Crippen molar-refractivity contribution in [2.24, 2.45) is 0 Å². The Bertz CT molecular complexity index is 1420.